The van der Waals surface area contributed by atoms with Gasteiger partial charge in [-0.2, -0.15) is 5.10 Å². The maximum atomic E-state index is 12.5. The Balaban J connectivity index is 1.57. The number of benzene rings is 3. The summed E-state index contributed by atoms with van der Waals surface area (Å²) in [5.41, 5.74) is 3.40. The van der Waals surface area contributed by atoms with Crippen LogP contribution in [0.1, 0.15) is 22.8 Å². The second-order valence-corrected chi connectivity index (χ2v) is 7.01. The van der Waals surface area contributed by atoms with Crippen molar-refractivity contribution in [2.24, 2.45) is 5.10 Å². The topological polar surface area (TPSA) is 105 Å². The Morgan fingerprint density at radius 2 is 1.46 bits per heavy atom. The van der Waals surface area contributed by atoms with Gasteiger partial charge >= 0.3 is 5.97 Å². The fraction of sp³-hybridized carbons (Fsp3) is 0.192. The van der Waals surface area contributed by atoms with E-state index in [1.165, 1.54) is 6.21 Å². The van der Waals surface area contributed by atoms with Crippen LogP contribution in [0, 0.1) is 0 Å². The molecule has 182 valence electrons. The number of ether oxygens (including phenoxy) is 5. The van der Waals surface area contributed by atoms with Crippen LogP contribution < -0.4 is 29.1 Å². The van der Waals surface area contributed by atoms with Gasteiger partial charge in [0.15, 0.2) is 18.1 Å². The zero-order valence-electron chi connectivity index (χ0n) is 19.6. The van der Waals surface area contributed by atoms with E-state index in [9.17, 15) is 9.59 Å². The van der Waals surface area contributed by atoms with Gasteiger partial charge in [0.05, 0.1) is 32.6 Å². The highest BCUT2D eigenvalue weighted by atomic mass is 16.6. The molecule has 0 saturated heterocycles. The Bertz CT molecular complexity index is 1160. The molecule has 1 N–H and O–H groups in total. The average Bonchev–Trinajstić information content (AvgIpc) is 2.89. The molecule has 3 aromatic carbocycles. The van der Waals surface area contributed by atoms with Crippen molar-refractivity contribution in [3.8, 4) is 28.7 Å². The first-order valence-electron chi connectivity index (χ1n) is 10.7. The van der Waals surface area contributed by atoms with Gasteiger partial charge in [-0.25, -0.2) is 10.2 Å². The minimum Gasteiger partial charge on any atom is -0.497 e. The fourth-order valence-electron chi connectivity index (χ4n) is 2.88. The minimum atomic E-state index is -0.529. The molecule has 35 heavy (non-hydrogen) atoms. The summed E-state index contributed by atoms with van der Waals surface area (Å²) in [6.07, 6.45) is 1.45. The Morgan fingerprint density at radius 3 is 2.09 bits per heavy atom. The lowest BCUT2D eigenvalue weighted by Crippen LogP contribution is -2.24. The van der Waals surface area contributed by atoms with Crippen LogP contribution >= 0.6 is 0 Å². The zero-order valence-corrected chi connectivity index (χ0v) is 19.6. The van der Waals surface area contributed by atoms with E-state index in [0.29, 0.717) is 40.7 Å². The summed E-state index contributed by atoms with van der Waals surface area (Å²) >= 11 is 0. The van der Waals surface area contributed by atoms with E-state index in [2.05, 4.69) is 10.5 Å². The minimum absolute atomic E-state index is 0.200. The number of nitrogens with zero attached hydrogens (tertiary/aromatic N) is 1. The Labute approximate surface area is 203 Å². The molecule has 0 unspecified atom stereocenters. The third-order valence-electron chi connectivity index (χ3n) is 4.63. The van der Waals surface area contributed by atoms with Crippen LogP contribution in [0.2, 0.25) is 0 Å². The smallest absolute Gasteiger partial charge is 0.343 e. The molecule has 0 aromatic heterocycles. The number of methoxy groups -OCH3 is 2. The standard InChI is InChI=1S/C26H26N2O7/c1-4-33-24-15-18(5-14-23(24)35-26(30)19-6-8-20(31-2)9-7-19)16-27-28-25(29)17-34-22-12-10-21(32-3)11-13-22/h5-16H,4,17H2,1-3H3,(H,28,29). The maximum Gasteiger partial charge on any atom is 0.343 e. The average molecular weight is 479 g/mol. The fourth-order valence-corrected chi connectivity index (χ4v) is 2.88. The first-order valence-corrected chi connectivity index (χ1v) is 10.7. The Kier molecular flexibility index (Phi) is 9.07. The van der Waals surface area contributed by atoms with Crippen molar-refractivity contribution < 1.29 is 33.3 Å². The van der Waals surface area contributed by atoms with Crippen LogP contribution in [-0.2, 0) is 4.79 Å². The molecule has 9 heteroatoms. The number of hydrogen-bond donors (Lipinski definition) is 1. The van der Waals surface area contributed by atoms with Crippen LogP contribution in [-0.4, -0.2) is 45.5 Å². The van der Waals surface area contributed by atoms with Crippen LogP contribution in [0.3, 0.4) is 0 Å². The van der Waals surface area contributed by atoms with Gasteiger partial charge in [-0.3, -0.25) is 4.79 Å². The third-order valence-corrected chi connectivity index (χ3v) is 4.63. The van der Waals surface area contributed by atoms with Gasteiger partial charge in [0.2, 0.25) is 0 Å². The predicted molar refractivity (Wildman–Crippen MR) is 130 cm³/mol. The van der Waals surface area contributed by atoms with Crippen molar-refractivity contribution in [3.05, 3.63) is 77.9 Å². The van der Waals surface area contributed by atoms with Crippen LogP contribution in [0.4, 0.5) is 0 Å². The molecule has 3 aromatic rings. The normalized spacial score (nSPS) is 10.5. The van der Waals surface area contributed by atoms with E-state index in [0.717, 1.165) is 0 Å². The third kappa shape index (κ3) is 7.50. The van der Waals surface area contributed by atoms with Crippen molar-refractivity contribution in [2.75, 3.05) is 27.4 Å². The van der Waals surface area contributed by atoms with Crippen molar-refractivity contribution in [1.82, 2.24) is 5.43 Å². The highest BCUT2D eigenvalue weighted by Gasteiger charge is 2.13. The lowest BCUT2D eigenvalue weighted by Gasteiger charge is -2.11. The van der Waals surface area contributed by atoms with E-state index in [1.54, 1.807) is 80.9 Å². The molecule has 3 rings (SSSR count). The summed E-state index contributed by atoms with van der Waals surface area (Å²) in [4.78, 5) is 24.5. The monoisotopic (exact) mass is 478 g/mol. The number of hydrazone groups is 1. The lowest BCUT2D eigenvalue weighted by atomic mass is 10.2. The molecule has 1 amide bonds. The first kappa shape index (κ1) is 25.1. The summed E-state index contributed by atoms with van der Waals surface area (Å²) in [5, 5.41) is 3.94. The summed E-state index contributed by atoms with van der Waals surface area (Å²) < 4.78 is 26.7. The van der Waals surface area contributed by atoms with Crippen molar-refractivity contribution in [1.29, 1.82) is 0 Å². The van der Waals surface area contributed by atoms with E-state index < -0.39 is 11.9 Å². The van der Waals surface area contributed by atoms with E-state index in [1.807, 2.05) is 6.92 Å². The van der Waals surface area contributed by atoms with Crippen LogP contribution in [0.25, 0.3) is 0 Å². The molecule has 0 aliphatic heterocycles. The second kappa shape index (κ2) is 12.6. The molecule has 0 radical (unpaired) electrons. The summed E-state index contributed by atoms with van der Waals surface area (Å²) in [7, 11) is 3.12. The number of esters is 1. The predicted octanol–water partition coefficient (Wildman–Crippen LogP) is 3.85. The van der Waals surface area contributed by atoms with E-state index >= 15 is 0 Å². The number of carbonyl (C=O) groups excluding carboxylic acids is 2. The van der Waals surface area contributed by atoms with E-state index in [-0.39, 0.29) is 12.4 Å². The Morgan fingerprint density at radius 1 is 0.829 bits per heavy atom. The largest absolute Gasteiger partial charge is 0.497 e. The van der Waals surface area contributed by atoms with E-state index in [4.69, 9.17) is 23.7 Å². The second-order valence-electron chi connectivity index (χ2n) is 7.01. The number of nitrogens with one attached hydrogen (secondary N) is 1. The van der Waals surface area contributed by atoms with Gasteiger partial charge in [0.25, 0.3) is 5.91 Å². The van der Waals surface area contributed by atoms with Gasteiger partial charge in [-0.15, -0.1) is 0 Å². The molecule has 0 aliphatic rings. The number of amides is 1. The van der Waals surface area contributed by atoms with Crippen molar-refractivity contribution in [2.45, 2.75) is 6.92 Å². The Hall–Kier alpha value is -4.53. The molecule has 0 bridgehead atoms. The quantitative estimate of drug-likeness (QED) is 0.193. The highest BCUT2D eigenvalue weighted by molar-refractivity contribution is 5.92. The SMILES string of the molecule is CCOc1cc(C=NNC(=O)COc2ccc(OC)cc2)ccc1OC(=O)c1ccc(OC)cc1. The van der Waals surface area contributed by atoms with Gasteiger partial charge < -0.3 is 23.7 Å². The molecule has 0 aliphatic carbocycles. The summed E-state index contributed by atoms with van der Waals surface area (Å²) in [6.45, 7) is 1.99. The van der Waals surface area contributed by atoms with Gasteiger partial charge in [-0.1, -0.05) is 0 Å². The summed E-state index contributed by atoms with van der Waals surface area (Å²) in [6, 6.07) is 18.4. The number of rotatable bonds is 11. The van der Waals surface area contributed by atoms with Crippen LogP contribution in [0.5, 0.6) is 28.7 Å². The number of hydrogen-bond acceptors (Lipinski definition) is 8. The van der Waals surface area contributed by atoms with Gasteiger partial charge in [0, 0.05) is 0 Å². The first-order chi connectivity index (χ1) is 17.0. The molecule has 0 spiro atoms. The van der Waals surface area contributed by atoms with Crippen molar-refractivity contribution in [3.63, 3.8) is 0 Å². The molecule has 0 atom stereocenters. The molecule has 0 fully saturated rings. The molecular formula is C26H26N2O7. The summed E-state index contributed by atoms with van der Waals surface area (Å²) in [5.74, 6) is 1.55. The molecule has 0 heterocycles. The zero-order chi connectivity index (χ0) is 25.0. The lowest BCUT2D eigenvalue weighted by molar-refractivity contribution is -0.123. The van der Waals surface area contributed by atoms with Crippen molar-refractivity contribution >= 4 is 18.1 Å². The molecular weight excluding hydrogens is 452 g/mol. The van der Waals surface area contributed by atoms with Gasteiger partial charge in [0.1, 0.15) is 17.2 Å². The molecule has 0 saturated carbocycles. The van der Waals surface area contributed by atoms with Gasteiger partial charge in [-0.05, 0) is 79.2 Å². The highest BCUT2D eigenvalue weighted by Crippen LogP contribution is 2.29. The van der Waals surface area contributed by atoms with Crippen LogP contribution in [0.15, 0.2) is 71.8 Å². The number of carbonyl (C=O) groups is 2. The maximum absolute atomic E-state index is 12.5. The molecule has 9 nitrogen and oxygen atoms in total.